The molecule has 0 fully saturated rings. The number of nitrogens with zero attached hydrogens (tertiary/aromatic N) is 2. The van der Waals surface area contributed by atoms with E-state index in [1.54, 1.807) is 36.1 Å². The number of halogens is 1. The lowest BCUT2D eigenvalue weighted by Gasteiger charge is -2.31. The van der Waals surface area contributed by atoms with Gasteiger partial charge in [0.2, 0.25) is 0 Å². The predicted molar refractivity (Wildman–Crippen MR) is 136 cm³/mol. The molecule has 1 N–H and O–H groups in total. The average Bonchev–Trinajstić information content (AvgIpc) is 3.30. The maximum absolute atomic E-state index is 13.9. The smallest absolute Gasteiger partial charge is 0.340 e. The monoisotopic (exact) mass is 485 g/mol. The van der Waals surface area contributed by atoms with Gasteiger partial charge in [0.15, 0.2) is 0 Å². The lowest BCUT2D eigenvalue weighted by molar-refractivity contribution is 0.0527. The SMILES string of the molecule is CCOC(=O)c1ccccc1NC(=O)N1Cc2ccccc2-n2cccc2[C@@H]1c1ccccc1Cl. The molecule has 0 bridgehead atoms. The molecule has 176 valence electrons. The number of carbonyl (C=O) groups is 2. The zero-order valence-corrected chi connectivity index (χ0v) is 19.9. The standard InChI is InChI=1S/C28H24ClN3O3/c1-2-35-27(33)21-12-5-7-14-23(21)30-28(34)32-18-19-10-3-8-15-24(19)31-17-9-16-25(31)26(32)20-11-4-6-13-22(20)29/h3-17,26H,2,18H2,1H3,(H,30,34)/t26-/m0/s1. The first-order chi connectivity index (χ1) is 17.1. The van der Waals surface area contributed by atoms with Crippen LogP contribution in [0.2, 0.25) is 5.02 Å². The van der Waals surface area contributed by atoms with Gasteiger partial charge in [0.25, 0.3) is 0 Å². The number of nitrogens with one attached hydrogen (secondary N) is 1. The van der Waals surface area contributed by atoms with Crippen molar-refractivity contribution < 1.29 is 14.3 Å². The molecule has 4 aromatic rings. The highest BCUT2D eigenvalue weighted by Crippen LogP contribution is 2.39. The highest BCUT2D eigenvalue weighted by atomic mass is 35.5. The Kier molecular flexibility index (Phi) is 6.29. The van der Waals surface area contributed by atoms with Crippen molar-refractivity contribution in [1.82, 2.24) is 9.47 Å². The van der Waals surface area contributed by atoms with Crippen LogP contribution in [-0.4, -0.2) is 28.1 Å². The van der Waals surface area contributed by atoms with E-state index < -0.39 is 12.0 Å². The number of amides is 2. The fourth-order valence-electron chi connectivity index (χ4n) is 4.53. The maximum atomic E-state index is 13.9. The van der Waals surface area contributed by atoms with Crippen molar-refractivity contribution in [3.63, 3.8) is 0 Å². The molecule has 3 aromatic carbocycles. The number of esters is 1. The molecule has 0 aliphatic carbocycles. The van der Waals surface area contributed by atoms with Gasteiger partial charge in [-0.3, -0.25) is 0 Å². The molecular formula is C28H24ClN3O3. The first-order valence-corrected chi connectivity index (χ1v) is 11.8. The predicted octanol–water partition coefficient (Wildman–Crippen LogP) is 6.44. The Labute approximate surface area is 208 Å². The van der Waals surface area contributed by atoms with Gasteiger partial charge < -0.3 is 19.5 Å². The van der Waals surface area contributed by atoms with Crippen LogP contribution in [-0.2, 0) is 11.3 Å². The third-order valence-corrected chi connectivity index (χ3v) is 6.43. The van der Waals surface area contributed by atoms with Crippen LogP contribution in [0.1, 0.15) is 40.1 Å². The lowest BCUT2D eigenvalue weighted by atomic mass is 10.0. The summed E-state index contributed by atoms with van der Waals surface area (Å²) in [5, 5.41) is 3.52. The number of fused-ring (bicyclic) bond motifs is 3. The third-order valence-electron chi connectivity index (χ3n) is 6.09. The number of urea groups is 1. The first-order valence-electron chi connectivity index (χ1n) is 11.4. The first kappa shape index (κ1) is 22.7. The van der Waals surface area contributed by atoms with Crippen LogP contribution in [0.15, 0.2) is 91.1 Å². The second kappa shape index (κ2) is 9.68. The number of benzene rings is 3. The zero-order chi connectivity index (χ0) is 24.4. The van der Waals surface area contributed by atoms with Crippen LogP contribution in [0.3, 0.4) is 0 Å². The maximum Gasteiger partial charge on any atom is 0.340 e. The van der Waals surface area contributed by atoms with Crippen molar-refractivity contribution in [3.05, 3.63) is 119 Å². The molecule has 0 spiro atoms. The Bertz CT molecular complexity index is 1400. The Morgan fingerprint density at radius 3 is 2.54 bits per heavy atom. The Morgan fingerprint density at radius 1 is 0.971 bits per heavy atom. The largest absolute Gasteiger partial charge is 0.462 e. The number of hydrogen-bond donors (Lipinski definition) is 1. The van der Waals surface area contributed by atoms with Crippen molar-refractivity contribution in [2.24, 2.45) is 0 Å². The van der Waals surface area contributed by atoms with E-state index >= 15 is 0 Å². The van der Waals surface area contributed by atoms with Crippen LogP contribution < -0.4 is 5.32 Å². The topological polar surface area (TPSA) is 63.6 Å². The molecule has 2 heterocycles. The van der Waals surface area contributed by atoms with Gasteiger partial charge in [-0.15, -0.1) is 0 Å². The molecule has 1 aliphatic rings. The van der Waals surface area contributed by atoms with E-state index in [0.29, 0.717) is 22.8 Å². The summed E-state index contributed by atoms with van der Waals surface area (Å²) in [6.07, 6.45) is 2.00. The number of para-hydroxylation sites is 2. The molecule has 1 atom stereocenters. The fraction of sp³-hybridized carbons (Fsp3) is 0.143. The van der Waals surface area contributed by atoms with E-state index in [1.165, 1.54) is 0 Å². The van der Waals surface area contributed by atoms with Crippen molar-refractivity contribution >= 4 is 29.3 Å². The molecule has 6 nitrogen and oxygen atoms in total. The number of aromatic nitrogens is 1. The third kappa shape index (κ3) is 4.29. The van der Waals surface area contributed by atoms with Gasteiger partial charge in [0.1, 0.15) is 6.04 Å². The molecule has 0 saturated carbocycles. The zero-order valence-electron chi connectivity index (χ0n) is 19.1. The fourth-order valence-corrected chi connectivity index (χ4v) is 4.77. The van der Waals surface area contributed by atoms with Crippen LogP contribution in [0.5, 0.6) is 0 Å². The molecule has 7 heteroatoms. The summed E-state index contributed by atoms with van der Waals surface area (Å²) >= 11 is 6.66. The van der Waals surface area contributed by atoms with Crippen LogP contribution in [0.25, 0.3) is 5.69 Å². The Balaban J connectivity index is 1.61. The van der Waals surface area contributed by atoms with Gasteiger partial charge in [-0.2, -0.15) is 0 Å². The van der Waals surface area contributed by atoms with Crippen molar-refractivity contribution in [1.29, 1.82) is 0 Å². The quantitative estimate of drug-likeness (QED) is 0.338. The molecular weight excluding hydrogens is 462 g/mol. The Morgan fingerprint density at radius 2 is 1.71 bits per heavy atom. The minimum absolute atomic E-state index is 0.246. The molecule has 1 aliphatic heterocycles. The van der Waals surface area contributed by atoms with Gasteiger partial charge in [-0.1, -0.05) is 60.1 Å². The van der Waals surface area contributed by atoms with E-state index in [0.717, 1.165) is 22.5 Å². The average molecular weight is 486 g/mol. The van der Waals surface area contributed by atoms with Crippen LogP contribution in [0.4, 0.5) is 10.5 Å². The van der Waals surface area contributed by atoms with E-state index in [2.05, 4.69) is 9.88 Å². The number of carbonyl (C=O) groups excluding carboxylic acids is 2. The van der Waals surface area contributed by atoms with Crippen LogP contribution in [0, 0.1) is 0 Å². The number of hydrogen-bond acceptors (Lipinski definition) is 3. The molecule has 2 amide bonds. The molecule has 5 rings (SSSR count). The van der Waals surface area contributed by atoms with Gasteiger partial charge >= 0.3 is 12.0 Å². The van der Waals surface area contributed by atoms with Gasteiger partial charge in [-0.25, -0.2) is 9.59 Å². The summed E-state index contributed by atoms with van der Waals surface area (Å²) < 4.78 is 7.28. The van der Waals surface area contributed by atoms with Gasteiger partial charge in [0, 0.05) is 11.2 Å². The van der Waals surface area contributed by atoms with E-state index in [1.807, 2.05) is 66.9 Å². The van der Waals surface area contributed by atoms with E-state index in [4.69, 9.17) is 16.3 Å². The normalized spacial score (nSPS) is 14.5. The number of anilines is 1. The number of rotatable bonds is 4. The summed E-state index contributed by atoms with van der Waals surface area (Å²) in [4.78, 5) is 28.1. The minimum Gasteiger partial charge on any atom is -0.462 e. The van der Waals surface area contributed by atoms with Crippen molar-refractivity contribution in [3.8, 4) is 5.69 Å². The summed E-state index contributed by atoms with van der Waals surface area (Å²) in [7, 11) is 0. The molecule has 35 heavy (non-hydrogen) atoms. The lowest BCUT2D eigenvalue weighted by Crippen LogP contribution is -2.38. The minimum atomic E-state index is -0.485. The van der Waals surface area contributed by atoms with Crippen molar-refractivity contribution in [2.45, 2.75) is 19.5 Å². The summed E-state index contributed by atoms with van der Waals surface area (Å²) in [6, 6.07) is 25.6. The van der Waals surface area contributed by atoms with Gasteiger partial charge in [0.05, 0.1) is 35.8 Å². The number of ether oxygens (including phenoxy) is 1. The van der Waals surface area contributed by atoms with Gasteiger partial charge in [-0.05, 0) is 54.4 Å². The van der Waals surface area contributed by atoms with Crippen LogP contribution >= 0.6 is 11.6 Å². The van der Waals surface area contributed by atoms with E-state index in [9.17, 15) is 9.59 Å². The second-order valence-electron chi connectivity index (χ2n) is 8.18. The van der Waals surface area contributed by atoms with Crippen molar-refractivity contribution in [2.75, 3.05) is 11.9 Å². The molecule has 0 unspecified atom stereocenters. The highest BCUT2D eigenvalue weighted by molar-refractivity contribution is 6.31. The second-order valence-corrected chi connectivity index (χ2v) is 8.59. The molecule has 1 aromatic heterocycles. The van der Waals surface area contributed by atoms with E-state index in [-0.39, 0.29) is 12.6 Å². The summed E-state index contributed by atoms with van der Waals surface area (Å²) in [6.45, 7) is 2.34. The summed E-state index contributed by atoms with van der Waals surface area (Å²) in [5.41, 5.74) is 4.42. The Hall–Kier alpha value is -4.03. The summed E-state index contributed by atoms with van der Waals surface area (Å²) in [5.74, 6) is -0.485. The molecule has 0 saturated heterocycles. The molecule has 0 radical (unpaired) electrons. The highest BCUT2D eigenvalue weighted by Gasteiger charge is 2.34.